The number of hydrogen-bond donors (Lipinski definition) is 2. The first-order valence-corrected chi connectivity index (χ1v) is 7.24. The first kappa shape index (κ1) is 16.5. The Hall–Kier alpha value is -2.89. The fraction of sp³-hybridized carbons (Fsp3) is 0.235. The molecule has 0 saturated heterocycles. The van der Waals surface area contributed by atoms with Crippen LogP contribution in [0.2, 0.25) is 0 Å². The predicted octanol–water partition coefficient (Wildman–Crippen LogP) is 2.40. The highest BCUT2D eigenvalue weighted by Gasteiger charge is 2.07. The Morgan fingerprint density at radius 3 is 2.57 bits per heavy atom. The quantitative estimate of drug-likeness (QED) is 0.634. The Balaban J connectivity index is 1.79. The summed E-state index contributed by atoms with van der Waals surface area (Å²) in [7, 11) is 0. The number of amides is 2. The zero-order valence-corrected chi connectivity index (χ0v) is 13.1. The molecule has 0 atom stereocenters. The summed E-state index contributed by atoms with van der Waals surface area (Å²) < 4.78 is 5.12. The normalized spacial score (nSPS) is 11.1. The molecule has 1 heterocycles. The number of hydrogen-bond acceptors (Lipinski definition) is 4. The fourth-order valence-corrected chi connectivity index (χ4v) is 1.85. The first-order valence-electron chi connectivity index (χ1n) is 7.24. The van der Waals surface area contributed by atoms with Gasteiger partial charge in [-0.15, -0.1) is 0 Å². The van der Waals surface area contributed by atoms with Gasteiger partial charge in [-0.25, -0.2) is 5.43 Å². The van der Waals surface area contributed by atoms with Crippen molar-refractivity contribution < 1.29 is 14.0 Å². The molecule has 0 aliphatic carbocycles. The lowest BCUT2D eigenvalue weighted by Crippen LogP contribution is -2.26. The van der Waals surface area contributed by atoms with E-state index in [0.29, 0.717) is 23.6 Å². The van der Waals surface area contributed by atoms with Crippen LogP contribution >= 0.6 is 0 Å². The van der Waals surface area contributed by atoms with Crippen LogP contribution in [0.5, 0.6) is 0 Å². The number of benzene rings is 1. The summed E-state index contributed by atoms with van der Waals surface area (Å²) in [6.45, 7) is 3.96. The average Bonchev–Trinajstić information content (AvgIpc) is 3.05. The van der Waals surface area contributed by atoms with Gasteiger partial charge >= 0.3 is 0 Å². The van der Waals surface area contributed by atoms with Crippen molar-refractivity contribution >= 4 is 17.5 Å². The maximum Gasteiger partial charge on any atom is 0.271 e. The van der Waals surface area contributed by atoms with Crippen LogP contribution in [0.15, 0.2) is 52.2 Å². The van der Waals surface area contributed by atoms with Crippen molar-refractivity contribution in [2.45, 2.75) is 26.8 Å². The summed E-state index contributed by atoms with van der Waals surface area (Å²) >= 11 is 0. The largest absolute Gasteiger partial charge is 0.467 e. The van der Waals surface area contributed by atoms with Gasteiger partial charge in [-0.3, -0.25) is 9.59 Å². The van der Waals surface area contributed by atoms with Gasteiger partial charge in [-0.1, -0.05) is 17.7 Å². The van der Waals surface area contributed by atoms with Gasteiger partial charge in [0.1, 0.15) is 5.76 Å². The van der Waals surface area contributed by atoms with Gasteiger partial charge < -0.3 is 9.73 Å². The average molecular weight is 313 g/mol. The molecule has 23 heavy (non-hydrogen) atoms. The van der Waals surface area contributed by atoms with Crippen LogP contribution in [0.3, 0.4) is 0 Å². The van der Waals surface area contributed by atoms with Crippen LogP contribution in [0.1, 0.15) is 35.0 Å². The van der Waals surface area contributed by atoms with Gasteiger partial charge in [-0.05, 0) is 38.1 Å². The molecule has 0 unspecified atom stereocenters. The second-order valence-electron chi connectivity index (χ2n) is 5.19. The minimum atomic E-state index is -0.305. The van der Waals surface area contributed by atoms with Crippen molar-refractivity contribution in [3.8, 4) is 0 Å². The van der Waals surface area contributed by atoms with Crippen LogP contribution in [0.25, 0.3) is 0 Å². The standard InChI is InChI=1S/C17H19N3O3/c1-12-5-7-14(8-6-12)17(22)20-19-13(2)10-16(21)18-11-15-4-3-9-23-15/h3-9H,10-11H2,1-2H3,(H,18,21)(H,20,22). The number of nitrogens with one attached hydrogen (secondary N) is 2. The zero-order chi connectivity index (χ0) is 16.7. The van der Waals surface area contributed by atoms with Gasteiger partial charge in [0, 0.05) is 11.3 Å². The minimum absolute atomic E-state index is 0.106. The Morgan fingerprint density at radius 2 is 1.91 bits per heavy atom. The van der Waals surface area contributed by atoms with Crippen molar-refractivity contribution in [3.05, 3.63) is 59.5 Å². The highest BCUT2D eigenvalue weighted by molar-refractivity contribution is 6.01. The van der Waals surface area contributed by atoms with E-state index < -0.39 is 0 Å². The molecule has 120 valence electrons. The molecule has 6 nitrogen and oxygen atoms in total. The van der Waals surface area contributed by atoms with Crippen LogP contribution < -0.4 is 10.7 Å². The monoisotopic (exact) mass is 313 g/mol. The number of carbonyl (C=O) groups excluding carboxylic acids is 2. The Labute approximate surface area is 134 Å². The number of carbonyl (C=O) groups is 2. The molecule has 0 saturated carbocycles. The molecule has 0 radical (unpaired) electrons. The van der Waals surface area contributed by atoms with E-state index in [-0.39, 0.29) is 18.2 Å². The van der Waals surface area contributed by atoms with Crippen molar-refractivity contribution in [2.75, 3.05) is 0 Å². The smallest absolute Gasteiger partial charge is 0.271 e. The van der Waals surface area contributed by atoms with E-state index >= 15 is 0 Å². The van der Waals surface area contributed by atoms with Gasteiger partial charge in [-0.2, -0.15) is 5.10 Å². The van der Waals surface area contributed by atoms with Gasteiger partial charge in [0.15, 0.2) is 0 Å². The van der Waals surface area contributed by atoms with E-state index in [0.717, 1.165) is 5.56 Å². The van der Waals surface area contributed by atoms with E-state index in [4.69, 9.17) is 4.42 Å². The van der Waals surface area contributed by atoms with E-state index in [1.165, 1.54) is 0 Å². The van der Waals surface area contributed by atoms with E-state index in [1.807, 2.05) is 19.1 Å². The molecule has 0 spiro atoms. The summed E-state index contributed by atoms with van der Waals surface area (Å²) in [6.07, 6.45) is 1.66. The first-order chi connectivity index (χ1) is 11.0. The zero-order valence-electron chi connectivity index (χ0n) is 13.1. The van der Waals surface area contributed by atoms with E-state index in [2.05, 4.69) is 15.8 Å². The molecule has 2 N–H and O–H groups in total. The highest BCUT2D eigenvalue weighted by Crippen LogP contribution is 2.03. The SMILES string of the molecule is CC(CC(=O)NCc1ccco1)=NNC(=O)c1ccc(C)cc1. The summed E-state index contributed by atoms with van der Waals surface area (Å²) in [5, 5.41) is 6.66. The number of furan rings is 1. The second kappa shape index (κ2) is 7.93. The fourth-order valence-electron chi connectivity index (χ4n) is 1.85. The summed E-state index contributed by atoms with van der Waals surface area (Å²) in [4.78, 5) is 23.7. The topological polar surface area (TPSA) is 83.7 Å². The second-order valence-corrected chi connectivity index (χ2v) is 5.19. The number of aryl methyl sites for hydroxylation is 1. The van der Waals surface area contributed by atoms with Gasteiger partial charge in [0.2, 0.25) is 5.91 Å². The maximum absolute atomic E-state index is 11.9. The molecule has 2 amide bonds. The lowest BCUT2D eigenvalue weighted by molar-refractivity contribution is -0.120. The van der Waals surface area contributed by atoms with Crippen LogP contribution in [0.4, 0.5) is 0 Å². The molecule has 0 fully saturated rings. The Kier molecular flexibility index (Phi) is 5.68. The predicted molar refractivity (Wildman–Crippen MR) is 86.9 cm³/mol. The maximum atomic E-state index is 11.9. The molecule has 2 rings (SSSR count). The lowest BCUT2D eigenvalue weighted by Gasteiger charge is -2.04. The number of nitrogens with zero attached hydrogens (tertiary/aromatic N) is 1. The van der Waals surface area contributed by atoms with Gasteiger partial charge in [0.05, 0.1) is 19.2 Å². The molecule has 1 aromatic heterocycles. The summed E-state index contributed by atoms with van der Waals surface area (Å²) in [5.74, 6) is 0.188. The minimum Gasteiger partial charge on any atom is -0.467 e. The Morgan fingerprint density at radius 1 is 1.17 bits per heavy atom. The van der Waals surface area contributed by atoms with Crippen LogP contribution in [0, 0.1) is 6.92 Å². The van der Waals surface area contributed by atoms with E-state index in [1.54, 1.807) is 37.5 Å². The molecular formula is C17H19N3O3. The third-order valence-electron chi connectivity index (χ3n) is 3.12. The van der Waals surface area contributed by atoms with E-state index in [9.17, 15) is 9.59 Å². The van der Waals surface area contributed by atoms with Gasteiger partial charge in [0.25, 0.3) is 5.91 Å². The third-order valence-corrected chi connectivity index (χ3v) is 3.12. The third kappa shape index (κ3) is 5.43. The summed E-state index contributed by atoms with van der Waals surface area (Å²) in [5.41, 5.74) is 4.56. The highest BCUT2D eigenvalue weighted by atomic mass is 16.3. The molecule has 0 aliphatic rings. The van der Waals surface area contributed by atoms with Crippen LogP contribution in [-0.2, 0) is 11.3 Å². The molecule has 2 aromatic rings. The number of rotatable bonds is 6. The molecular weight excluding hydrogens is 294 g/mol. The van der Waals surface area contributed by atoms with Crippen molar-refractivity contribution in [1.82, 2.24) is 10.7 Å². The molecule has 6 heteroatoms. The van der Waals surface area contributed by atoms with Crippen molar-refractivity contribution in [1.29, 1.82) is 0 Å². The summed E-state index contributed by atoms with van der Waals surface area (Å²) in [6, 6.07) is 10.7. The number of hydrazone groups is 1. The Bertz CT molecular complexity index is 688. The van der Waals surface area contributed by atoms with Crippen LogP contribution in [-0.4, -0.2) is 17.5 Å². The van der Waals surface area contributed by atoms with Crippen molar-refractivity contribution in [2.24, 2.45) is 5.10 Å². The van der Waals surface area contributed by atoms with Crippen molar-refractivity contribution in [3.63, 3.8) is 0 Å². The molecule has 1 aromatic carbocycles. The lowest BCUT2D eigenvalue weighted by atomic mass is 10.1. The molecule has 0 aliphatic heterocycles. The molecule has 0 bridgehead atoms.